The van der Waals surface area contributed by atoms with Crippen LogP contribution in [0.5, 0.6) is 11.5 Å². The minimum Gasteiger partial charge on any atom is -0.504 e. The van der Waals surface area contributed by atoms with Crippen LogP contribution < -0.4 is 4.74 Å². The zero-order valence-corrected chi connectivity index (χ0v) is 7.97. The molecule has 1 N–H and O–H groups in total. The Morgan fingerprint density at radius 2 is 2.27 bits per heavy atom. The topological polar surface area (TPSA) is 89.7 Å². The van der Waals surface area contributed by atoms with Crippen LogP contribution in [-0.4, -0.2) is 22.9 Å². The molecule has 0 radical (unpaired) electrons. The van der Waals surface area contributed by atoms with Crippen LogP contribution in [0.3, 0.4) is 0 Å². The molecule has 0 aliphatic heterocycles. The number of rotatable bonds is 4. The maximum atomic E-state index is 10.7. The number of carbonyl (C=O) groups excluding carboxylic acids is 1. The third-order valence-electron chi connectivity index (χ3n) is 1.74. The van der Waals surface area contributed by atoms with Gasteiger partial charge in [0.2, 0.25) is 5.75 Å². The van der Waals surface area contributed by atoms with Crippen molar-refractivity contribution in [2.24, 2.45) is 0 Å². The number of aromatic hydroxyl groups is 1. The van der Waals surface area contributed by atoms with Gasteiger partial charge in [-0.1, -0.05) is 0 Å². The molecular weight excluding hydrogens is 202 g/mol. The molecule has 0 aliphatic carbocycles. The average Bonchev–Trinajstić information content (AvgIpc) is 2.20. The molecule has 0 amide bonds. The van der Waals surface area contributed by atoms with Gasteiger partial charge >= 0.3 is 5.69 Å². The quantitative estimate of drug-likeness (QED) is 0.463. The summed E-state index contributed by atoms with van der Waals surface area (Å²) in [6.45, 7) is 1.79. The third-order valence-corrected chi connectivity index (χ3v) is 1.74. The van der Waals surface area contributed by atoms with Crippen molar-refractivity contribution in [3.63, 3.8) is 0 Å². The van der Waals surface area contributed by atoms with Gasteiger partial charge in [-0.2, -0.15) is 0 Å². The number of nitro benzene ring substituents is 1. The molecule has 1 rings (SSSR count). The number of aldehydes is 1. The number of nitro groups is 1. The van der Waals surface area contributed by atoms with Gasteiger partial charge in [0.15, 0.2) is 12.0 Å². The molecule has 0 heterocycles. The van der Waals surface area contributed by atoms with Crippen LogP contribution >= 0.6 is 0 Å². The zero-order chi connectivity index (χ0) is 11.4. The van der Waals surface area contributed by atoms with Gasteiger partial charge in [0.05, 0.1) is 17.1 Å². The molecule has 0 atom stereocenters. The van der Waals surface area contributed by atoms with Gasteiger partial charge < -0.3 is 9.84 Å². The van der Waals surface area contributed by atoms with E-state index in [2.05, 4.69) is 0 Å². The molecule has 0 aromatic heterocycles. The molecule has 1 aromatic carbocycles. The van der Waals surface area contributed by atoms with Crippen LogP contribution in [0, 0.1) is 10.1 Å². The lowest BCUT2D eigenvalue weighted by Crippen LogP contribution is -2.01. The molecule has 6 nitrogen and oxygen atoms in total. The first-order valence-corrected chi connectivity index (χ1v) is 4.20. The first-order valence-electron chi connectivity index (χ1n) is 4.20. The van der Waals surface area contributed by atoms with E-state index in [9.17, 15) is 20.0 Å². The van der Waals surface area contributed by atoms with E-state index in [4.69, 9.17) is 4.74 Å². The molecule has 6 heteroatoms. The van der Waals surface area contributed by atoms with Gasteiger partial charge in [0.25, 0.3) is 0 Å². The number of hydrogen-bond donors (Lipinski definition) is 1. The third kappa shape index (κ3) is 2.04. The lowest BCUT2D eigenvalue weighted by Gasteiger charge is -2.07. The minimum atomic E-state index is -0.756. The number of benzene rings is 1. The second-order valence-corrected chi connectivity index (χ2v) is 2.66. The van der Waals surface area contributed by atoms with E-state index >= 15 is 0 Å². The molecule has 0 saturated heterocycles. The second-order valence-electron chi connectivity index (χ2n) is 2.66. The van der Waals surface area contributed by atoms with Crippen molar-refractivity contribution in [3.05, 3.63) is 27.8 Å². The molecule has 15 heavy (non-hydrogen) atoms. The van der Waals surface area contributed by atoms with Gasteiger partial charge in [0, 0.05) is 0 Å². The van der Waals surface area contributed by atoms with Gasteiger partial charge in [0.1, 0.15) is 0 Å². The Kier molecular flexibility index (Phi) is 3.22. The highest BCUT2D eigenvalue weighted by Gasteiger charge is 2.24. The lowest BCUT2D eigenvalue weighted by molar-refractivity contribution is -0.386. The number of ether oxygens (including phenoxy) is 1. The van der Waals surface area contributed by atoms with Crippen molar-refractivity contribution >= 4 is 12.0 Å². The molecule has 1 aromatic rings. The highest BCUT2D eigenvalue weighted by Crippen LogP contribution is 2.38. The Bertz CT molecular complexity index is 402. The maximum Gasteiger partial charge on any atom is 0.325 e. The summed E-state index contributed by atoms with van der Waals surface area (Å²) >= 11 is 0. The van der Waals surface area contributed by atoms with Crippen molar-refractivity contribution in [2.75, 3.05) is 6.61 Å². The van der Waals surface area contributed by atoms with Gasteiger partial charge in [-0.25, -0.2) is 0 Å². The molecule has 0 unspecified atom stereocenters. The maximum absolute atomic E-state index is 10.7. The summed E-state index contributed by atoms with van der Waals surface area (Å²) in [5.74, 6) is -0.624. The Morgan fingerprint density at radius 3 is 2.73 bits per heavy atom. The minimum absolute atomic E-state index is 0.124. The molecule has 0 fully saturated rings. The fourth-order valence-corrected chi connectivity index (χ4v) is 1.15. The largest absolute Gasteiger partial charge is 0.504 e. The number of phenols is 1. The SMILES string of the molecule is CCOc1c(O)ccc(C=O)c1[N+](=O)[O-]. The summed E-state index contributed by atoms with van der Waals surface area (Å²) in [6, 6.07) is 2.35. The molecule has 0 spiro atoms. The Balaban J connectivity index is 3.43. The molecule has 80 valence electrons. The van der Waals surface area contributed by atoms with Gasteiger partial charge in [-0.05, 0) is 19.1 Å². The van der Waals surface area contributed by atoms with Crippen molar-refractivity contribution in [3.8, 4) is 11.5 Å². The summed E-state index contributed by atoms with van der Waals surface area (Å²) in [6.07, 6.45) is 0.347. The fraction of sp³-hybridized carbons (Fsp3) is 0.222. The predicted octanol–water partition coefficient (Wildman–Crippen LogP) is 1.51. The number of hydrogen-bond acceptors (Lipinski definition) is 5. The molecular formula is C9H9NO5. The summed E-state index contributed by atoms with van der Waals surface area (Å²) in [4.78, 5) is 20.5. The Morgan fingerprint density at radius 1 is 1.60 bits per heavy atom. The van der Waals surface area contributed by atoms with Crippen LogP contribution in [0.15, 0.2) is 12.1 Å². The monoisotopic (exact) mass is 211 g/mol. The predicted molar refractivity (Wildman–Crippen MR) is 51.3 cm³/mol. The molecule has 0 saturated carbocycles. The van der Waals surface area contributed by atoms with Crippen LogP contribution in [0.4, 0.5) is 5.69 Å². The van der Waals surface area contributed by atoms with Crippen LogP contribution in [-0.2, 0) is 0 Å². The van der Waals surface area contributed by atoms with E-state index in [-0.39, 0.29) is 23.7 Å². The summed E-state index contributed by atoms with van der Waals surface area (Å²) in [5.41, 5.74) is -0.631. The smallest absolute Gasteiger partial charge is 0.325 e. The van der Waals surface area contributed by atoms with E-state index in [0.717, 1.165) is 0 Å². The van der Waals surface area contributed by atoms with Gasteiger partial charge in [-0.15, -0.1) is 0 Å². The van der Waals surface area contributed by atoms with Crippen molar-refractivity contribution in [2.45, 2.75) is 6.92 Å². The van der Waals surface area contributed by atoms with Crippen LogP contribution in [0.1, 0.15) is 17.3 Å². The Labute approximate surface area is 85.2 Å². The highest BCUT2D eigenvalue weighted by atomic mass is 16.6. The van der Waals surface area contributed by atoms with E-state index in [0.29, 0.717) is 6.29 Å². The fourth-order valence-electron chi connectivity index (χ4n) is 1.15. The zero-order valence-electron chi connectivity index (χ0n) is 7.97. The van der Waals surface area contributed by atoms with E-state index in [1.165, 1.54) is 12.1 Å². The first-order chi connectivity index (χ1) is 7.11. The summed E-state index contributed by atoms with van der Waals surface area (Å²) in [5, 5.41) is 20.0. The van der Waals surface area contributed by atoms with Crippen LogP contribution in [0.25, 0.3) is 0 Å². The van der Waals surface area contributed by atoms with E-state index in [1.54, 1.807) is 6.92 Å². The van der Waals surface area contributed by atoms with Crippen molar-refractivity contribution < 1.29 is 19.6 Å². The normalized spacial score (nSPS) is 9.67. The molecule has 0 bridgehead atoms. The van der Waals surface area contributed by atoms with E-state index in [1.807, 2.05) is 0 Å². The highest BCUT2D eigenvalue weighted by molar-refractivity contribution is 5.84. The Hall–Kier alpha value is -2.11. The van der Waals surface area contributed by atoms with Crippen LogP contribution in [0.2, 0.25) is 0 Å². The first kappa shape index (κ1) is 11.0. The lowest BCUT2D eigenvalue weighted by atomic mass is 10.1. The van der Waals surface area contributed by atoms with Crippen molar-refractivity contribution in [1.29, 1.82) is 0 Å². The number of phenolic OH excluding ortho intramolecular Hbond substituents is 1. The average molecular weight is 211 g/mol. The standard InChI is InChI=1S/C9H9NO5/c1-2-15-9-7(12)4-3-6(5-11)8(9)10(13)14/h3-5,12H,2H2,1H3. The summed E-state index contributed by atoms with van der Waals surface area (Å²) < 4.78 is 4.92. The van der Waals surface area contributed by atoms with Crippen molar-refractivity contribution in [1.82, 2.24) is 0 Å². The molecule has 0 aliphatic rings. The van der Waals surface area contributed by atoms with E-state index < -0.39 is 10.6 Å². The number of nitrogens with zero attached hydrogens (tertiary/aromatic N) is 1. The number of carbonyl (C=O) groups is 1. The van der Waals surface area contributed by atoms with Gasteiger partial charge in [-0.3, -0.25) is 14.9 Å². The summed E-state index contributed by atoms with van der Waals surface area (Å²) in [7, 11) is 0. The second kappa shape index (κ2) is 4.41.